The Morgan fingerprint density at radius 1 is 0.833 bits per heavy atom. The van der Waals surface area contributed by atoms with Crippen LogP contribution in [0.3, 0.4) is 0 Å². The maximum atomic E-state index is 12.0. The van der Waals surface area contributed by atoms with Crippen molar-refractivity contribution in [3.63, 3.8) is 0 Å². The van der Waals surface area contributed by atoms with Crippen LogP contribution in [-0.4, -0.2) is 0 Å². The molecule has 0 N–H and O–H groups in total. The van der Waals surface area contributed by atoms with Crippen LogP contribution in [-0.2, 0) is 0 Å². The van der Waals surface area contributed by atoms with Crippen LogP contribution in [0.4, 0.5) is 4.39 Å². The highest BCUT2D eigenvalue weighted by Gasteiger charge is 2.29. The van der Waals surface area contributed by atoms with Crippen molar-refractivity contribution in [2.45, 2.75) is 71.1 Å². The first kappa shape index (κ1) is 14.1. The zero-order chi connectivity index (χ0) is 12.8. The van der Waals surface area contributed by atoms with Crippen molar-refractivity contribution in [2.75, 3.05) is 0 Å². The Morgan fingerprint density at radius 2 is 1.33 bits per heavy atom. The standard InChI is InChI=1S/C17H29F/c1-2-14-5-9-16(10-6-14)17-11-7-15(8-12-17)4-3-13-18/h3,13-17H,2,4-12H2,1H3/b13-3+/t14-,15?,16-,17?. The largest absolute Gasteiger partial charge is 0.216 e. The molecule has 0 aromatic rings. The molecule has 2 fully saturated rings. The molecule has 0 bridgehead atoms. The molecule has 2 aliphatic carbocycles. The molecule has 104 valence electrons. The van der Waals surface area contributed by atoms with Gasteiger partial charge in [0.15, 0.2) is 0 Å². The number of halogens is 1. The molecule has 2 rings (SSSR count). The van der Waals surface area contributed by atoms with Gasteiger partial charge in [-0.25, -0.2) is 4.39 Å². The van der Waals surface area contributed by atoms with Gasteiger partial charge in [0.25, 0.3) is 0 Å². The van der Waals surface area contributed by atoms with E-state index in [0.29, 0.717) is 0 Å². The molecule has 18 heavy (non-hydrogen) atoms. The van der Waals surface area contributed by atoms with Gasteiger partial charge in [0.1, 0.15) is 0 Å². The second-order valence-electron chi connectivity index (χ2n) is 6.57. The monoisotopic (exact) mass is 252 g/mol. The van der Waals surface area contributed by atoms with Crippen molar-refractivity contribution in [1.82, 2.24) is 0 Å². The molecule has 2 aliphatic rings. The molecule has 0 amide bonds. The highest BCUT2D eigenvalue weighted by Crippen LogP contribution is 2.42. The number of rotatable bonds is 4. The summed E-state index contributed by atoms with van der Waals surface area (Å²) in [5, 5.41) is 0. The van der Waals surface area contributed by atoms with Crippen LogP contribution in [0.1, 0.15) is 71.1 Å². The SMILES string of the molecule is CC[C@H]1CC[C@H](C2CCC(C/C=C/F)CC2)CC1. The Hall–Kier alpha value is -0.330. The van der Waals surface area contributed by atoms with Gasteiger partial charge < -0.3 is 0 Å². The van der Waals surface area contributed by atoms with Crippen molar-refractivity contribution >= 4 is 0 Å². The summed E-state index contributed by atoms with van der Waals surface area (Å²) in [6.45, 7) is 2.34. The third-order valence-corrected chi connectivity index (χ3v) is 5.59. The summed E-state index contributed by atoms with van der Waals surface area (Å²) in [6.07, 6.45) is 16.2. The summed E-state index contributed by atoms with van der Waals surface area (Å²) in [7, 11) is 0. The van der Waals surface area contributed by atoms with Crippen LogP contribution in [0.15, 0.2) is 12.4 Å². The molecule has 0 aromatic carbocycles. The topological polar surface area (TPSA) is 0 Å². The predicted octanol–water partition coefficient (Wildman–Crippen LogP) is 5.88. The highest BCUT2D eigenvalue weighted by molar-refractivity contribution is 4.84. The van der Waals surface area contributed by atoms with Crippen LogP contribution in [0.25, 0.3) is 0 Å². The first-order valence-electron chi connectivity index (χ1n) is 8.08. The van der Waals surface area contributed by atoms with E-state index in [0.717, 1.165) is 36.4 Å². The lowest BCUT2D eigenvalue weighted by Crippen LogP contribution is -2.25. The summed E-state index contributed by atoms with van der Waals surface area (Å²) in [5.74, 6) is 3.80. The fraction of sp³-hybridized carbons (Fsp3) is 0.882. The third-order valence-electron chi connectivity index (χ3n) is 5.59. The average molecular weight is 252 g/mol. The van der Waals surface area contributed by atoms with E-state index in [2.05, 4.69) is 6.92 Å². The first-order chi connectivity index (χ1) is 8.83. The van der Waals surface area contributed by atoms with Gasteiger partial charge in [-0.1, -0.05) is 32.3 Å². The molecule has 0 spiro atoms. The van der Waals surface area contributed by atoms with E-state index in [9.17, 15) is 4.39 Å². The van der Waals surface area contributed by atoms with Crippen molar-refractivity contribution in [1.29, 1.82) is 0 Å². The number of hydrogen-bond donors (Lipinski definition) is 0. The molecule has 0 aromatic heterocycles. The lowest BCUT2D eigenvalue weighted by molar-refractivity contribution is 0.145. The molecule has 0 saturated heterocycles. The lowest BCUT2D eigenvalue weighted by Gasteiger charge is -2.37. The van der Waals surface area contributed by atoms with Crippen LogP contribution in [0.2, 0.25) is 0 Å². The van der Waals surface area contributed by atoms with Crippen molar-refractivity contribution in [3.05, 3.63) is 12.4 Å². The van der Waals surface area contributed by atoms with E-state index < -0.39 is 0 Å². The minimum Gasteiger partial charge on any atom is -0.216 e. The summed E-state index contributed by atoms with van der Waals surface area (Å²) in [5.41, 5.74) is 0. The van der Waals surface area contributed by atoms with Crippen LogP contribution in [0, 0.1) is 23.7 Å². The molecule has 2 saturated carbocycles. The minimum atomic E-state index is 0.720. The van der Waals surface area contributed by atoms with E-state index in [4.69, 9.17) is 0 Å². The van der Waals surface area contributed by atoms with Crippen molar-refractivity contribution in [3.8, 4) is 0 Å². The second kappa shape index (κ2) is 7.31. The van der Waals surface area contributed by atoms with Crippen LogP contribution < -0.4 is 0 Å². The Labute approximate surface area is 112 Å². The summed E-state index contributed by atoms with van der Waals surface area (Å²) < 4.78 is 12.0. The molecule has 0 unspecified atom stereocenters. The van der Waals surface area contributed by atoms with Gasteiger partial charge in [-0.15, -0.1) is 0 Å². The third kappa shape index (κ3) is 3.83. The zero-order valence-corrected chi connectivity index (χ0v) is 11.9. The summed E-state index contributed by atoms with van der Waals surface area (Å²) in [4.78, 5) is 0. The van der Waals surface area contributed by atoms with Gasteiger partial charge >= 0.3 is 0 Å². The van der Waals surface area contributed by atoms with Gasteiger partial charge in [0.05, 0.1) is 6.33 Å². The molecule has 0 atom stereocenters. The quantitative estimate of drug-likeness (QED) is 0.586. The Balaban J connectivity index is 1.70. The summed E-state index contributed by atoms with van der Waals surface area (Å²) >= 11 is 0. The fourth-order valence-electron chi connectivity index (χ4n) is 4.21. The van der Waals surface area contributed by atoms with Crippen molar-refractivity contribution < 1.29 is 4.39 Å². The van der Waals surface area contributed by atoms with Gasteiger partial charge in [0, 0.05) is 0 Å². The molecule has 0 nitrogen and oxygen atoms in total. The van der Waals surface area contributed by atoms with Gasteiger partial charge in [-0.3, -0.25) is 0 Å². The van der Waals surface area contributed by atoms with E-state index >= 15 is 0 Å². The fourth-order valence-corrected chi connectivity index (χ4v) is 4.21. The number of hydrogen-bond acceptors (Lipinski definition) is 0. The number of allylic oxidation sites excluding steroid dienone is 1. The Bertz CT molecular complexity index is 242. The maximum Gasteiger partial charge on any atom is 0.0827 e. The molecule has 1 heteroatoms. The lowest BCUT2D eigenvalue weighted by atomic mass is 9.68. The van der Waals surface area contributed by atoms with Crippen molar-refractivity contribution in [2.24, 2.45) is 23.7 Å². The highest BCUT2D eigenvalue weighted by atomic mass is 19.1. The zero-order valence-electron chi connectivity index (χ0n) is 11.9. The maximum absolute atomic E-state index is 12.0. The smallest absolute Gasteiger partial charge is 0.0827 e. The van der Waals surface area contributed by atoms with E-state index in [1.807, 2.05) is 0 Å². The first-order valence-corrected chi connectivity index (χ1v) is 8.08. The molecular formula is C17H29F. The second-order valence-corrected chi connectivity index (χ2v) is 6.57. The molecule has 0 heterocycles. The minimum absolute atomic E-state index is 0.720. The Kier molecular flexibility index (Phi) is 5.72. The van der Waals surface area contributed by atoms with Crippen LogP contribution in [0.5, 0.6) is 0 Å². The predicted molar refractivity (Wildman–Crippen MR) is 76.1 cm³/mol. The normalized spacial score (nSPS) is 38.1. The van der Waals surface area contributed by atoms with Gasteiger partial charge in [0.2, 0.25) is 0 Å². The molecular weight excluding hydrogens is 223 g/mol. The molecule has 0 aliphatic heterocycles. The molecule has 0 radical (unpaired) electrons. The Morgan fingerprint density at radius 3 is 1.78 bits per heavy atom. The van der Waals surface area contributed by atoms with E-state index in [1.165, 1.54) is 57.8 Å². The van der Waals surface area contributed by atoms with Gasteiger partial charge in [-0.2, -0.15) is 0 Å². The van der Waals surface area contributed by atoms with E-state index in [-0.39, 0.29) is 0 Å². The van der Waals surface area contributed by atoms with E-state index in [1.54, 1.807) is 6.08 Å². The van der Waals surface area contributed by atoms with Crippen LogP contribution >= 0.6 is 0 Å². The summed E-state index contributed by atoms with van der Waals surface area (Å²) in [6, 6.07) is 0. The average Bonchev–Trinajstić information content (AvgIpc) is 2.46. The van der Waals surface area contributed by atoms with Gasteiger partial charge in [-0.05, 0) is 68.6 Å².